The van der Waals surface area contributed by atoms with Crippen LogP contribution in [0.2, 0.25) is 0 Å². The summed E-state index contributed by atoms with van der Waals surface area (Å²) in [7, 11) is 0. The molecule has 2 rings (SSSR count). The molecule has 0 N–H and O–H groups in total. The van der Waals surface area contributed by atoms with E-state index in [2.05, 4.69) is 65.0 Å². The molecule has 0 fully saturated rings. The van der Waals surface area contributed by atoms with Gasteiger partial charge in [-0.15, -0.1) is 0 Å². The molecule has 0 saturated heterocycles. The summed E-state index contributed by atoms with van der Waals surface area (Å²) in [6.07, 6.45) is 0. The second-order valence-corrected chi connectivity index (χ2v) is 5.71. The van der Waals surface area contributed by atoms with Gasteiger partial charge in [0.05, 0.1) is 0 Å². The standard InChI is InChI=1S/C16H20/c1-11-9-13(16(3,4)5)10-12(2)15-8-6-7-14(11)15/h6-10H,1-5H3. The van der Waals surface area contributed by atoms with Gasteiger partial charge in [-0.05, 0) is 47.1 Å². The van der Waals surface area contributed by atoms with Gasteiger partial charge in [0.15, 0.2) is 0 Å². The van der Waals surface area contributed by atoms with Crippen molar-refractivity contribution in [2.75, 3.05) is 0 Å². The molecular weight excluding hydrogens is 192 g/mol. The lowest BCUT2D eigenvalue weighted by molar-refractivity contribution is 0.590. The van der Waals surface area contributed by atoms with Crippen LogP contribution < -0.4 is 0 Å². The van der Waals surface area contributed by atoms with E-state index < -0.39 is 0 Å². The van der Waals surface area contributed by atoms with Crippen LogP contribution in [0.15, 0.2) is 30.3 Å². The lowest BCUT2D eigenvalue weighted by Gasteiger charge is -2.18. The molecule has 0 aromatic heterocycles. The van der Waals surface area contributed by atoms with E-state index in [9.17, 15) is 0 Å². The van der Waals surface area contributed by atoms with E-state index in [1.807, 2.05) is 0 Å². The average molecular weight is 212 g/mol. The van der Waals surface area contributed by atoms with Crippen LogP contribution in [0.25, 0.3) is 11.1 Å². The molecule has 0 radical (unpaired) electrons. The molecule has 2 aliphatic rings. The Hall–Kier alpha value is -1.30. The quantitative estimate of drug-likeness (QED) is 0.593. The minimum Gasteiger partial charge on any atom is -0.0610 e. The van der Waals surface area contributed by atoms with Gasteiger partial charge in [0, 0.05) is 0 Å². The van der Waals surface area contributed by atoms with E-state index >= 15 is 0 Å². The topological polar surface area (TPSA) is 0 Å². The third-order valence-electron chi connectivity index (χ3n) is 3.28. The number of hydrogen-bond acceptors (Lipinski definition) is 0. The molecule has 0 aromatic carbocycles. The fraction of sp³-hybridized carbons (Fsp3) is 0.375. The molecule has 0 aromatic rings. The highest BCUT2D eigenvalue weighted by Crippen LogP contribution is 2.32. The van der Waals surface area contributed by atoms with Gasteiger partial charge in [0.2, 0.25) is 0 Å². The van der Waals surface area contributed by atoms with Gasteiger partial charge in [0.25, 0.3) is 0 Å². The van der Waals surface area contributed by atoms with Crippen LogP contribution in [-0.2, 0) is 5.41 Å². The lowest BCUT2D eigenvalue weighted by atomic mass is 9.87. The first-order valence-corrected chi connectivity index (χ1v) is 5.90. The normalized spacial score (nSPS) is 12.1. The van der Waals surface area contributed by atoms with E-state index in [1.54, 1.807) is 0 Å². The summed E-state index contributed by atoms with van der Waals surface area (Å²) < 4.78 is 0. The summed E-state index contributed by atoms with van der Waals surface area (Å²) in [5, 5.41) is 0. The predicted molar refractivity (Wildman–Crippen MR) is 71.2 cm³/mol. The molecule has 0 spiro atoms. The van der Waals surface area contributed by atoms with Crippen LogP contribution >= 0.6 is 0 Å². The Balaban J connectivity index is 2.77. The first-order valence-electron chi connectivity index (χ1n) is 5.90. The average Bonchev–Trinajstić information content (AvgIpc) is 2.59. The van der Waals surface area contributed by atoms with E-state index in [1.165, 1.54) is 27.8 Å². The van der Waals surface area contributed by atoms with Crippen LogP contribution in [0.3, 0.4) is 0 Å². The molecule has 0 saturated carbocycles. The summed E-state index contributed by atoms with van der Waals surface area (Å²) in [6.45, 7) is 11.2. The lowest BCUT2D eigenvalue weighted by Crippen LogP contribution is -2.10. The molecule has 0 bridgehead atoms. The summed E-state index contributed by atoms with van der Waals surface area (Å²) in [6, 6.07) is 11.2. The van der Waals surface area contributed by atoms with Crippen LogP contribution in [0.5, 0.6) is 0 Å². The van der Waals surface area contributed by atoms with Gasteiger partial charge < -0.3 is 0 Å². The zero-order valence-corrected chi connectivity index (χ0v) is 10.9. The fourth-order valence-electron chi connectivity index (χ4n) is 2.20. The second kappa shape index (κ2) is 3.62. The van der Waals surface area contributed by atoms with Gasteiger partial charge in [-0.25, -0.2) is 0 Å². The Morgan fingerprint density at radius 2 is 1.25 bits per heavy atom. The monoisotopic (exact) mass is 212 g/mol. The van der Waals surface area contributed by atoms with Crippen molar-refractivity contribution in [3.05, 3.63) is 47.0 Å². The van der Waals surface area contributed by atoms with Crippen molar-refractivity contribution in [3.63, 3.8) is 0 Å². The molecule has 2 aliphatic carbocycles. The zero-order chi connectivity index (χ0) is 11.9. The third kappa shape index (κ3) is 1.84. The molecule has 0 amide bonds. The van der Waals surface area contributed by atoms with Crippen molar-refractivity contribution >= 4 is 0 Å². The summed E-state index contributed by atoms with van der Waals surface area (Å²) in [4.78, 5) is 0. The van der Waals surface area contributed by atoms with E-state index in [0.717, 1.165) is 0 Å². The highest BCUT2D eigenvalue weighted by Gasteiger charge is 2.16. The smallest absolute Gasteiger partial charge is 0.0132 e. The SMILES string of the molecule is Cc1cc(C(C)(C)C)cc(C)c2cccc1-2. The van der Waals surface area contributed by atoms with E-state index in [4.69, 9.17) is 0 Å². The van der Waals surface area contributed by atoms with Crippen molar-refractivity contribution < 1.29 is 0 Å². The maximum atomic E-state index is 2.33. The minimum atomic E-state index is 0.214. The summed E-state index contributed by atoms with van der Waals surface area (Å²) in [5.74, 6) is 0. The largest absolute Gasteiger partial charge is 0.0610 e. The maximum absolute atomic E-state index is 2.33. The Labute approximate surface area is 98.7 Å². The van der Waals surface area contributed by atoms with Crippen molar-refractivity contribution in [3.8, 4) is 11.1 Å². The van der Waals surface area contributed by atoms with Crippen molar-refractivity contribution in [1.82, 2.24) is 0 Å². The first-order chi connectivity index (χ1) is 7.39. The van der Waals surface area contributed by atoms with Gasteiger partial charge in [-0.2, -0.15) is 0 Å². The minimum absolute atomic E-state index is 0.214. The van der Waals surface area contributed by atoms with E-state index in [-0.39, 0.29) is 5.41 Å². The molecular formula is C16H20. The molecule has 16 heavy (non-hydrogen) atoms. The molecule has 0 unspecified atom stereocenters. The van der Waals surface area contributed by atoms with Crippen LogP contribution in [0.4, 0.5) is 0 Å². The van der Waals surface area contributed by atoms with Crippen molar-refractivity contribution in [2.45, 2.75) is 40.0 Å². The Kier molecular flexibility index (Phi) is 2.53. The Morgan fingerprint density at radius 1 is 0.812 bits per heavy atom. The second-order valence-electron chi connectivity index (χ2n) is 5.71. The number of aryl methyl sites for hydroxylation is 2. The zero-order valence-electron chi connectivity index (χ0n) is 10.9. The summed E-state index contributed by atoms with van der Waals surface area (Å²) in [5.41, 5.74) is 7.14. The fourth-order valence-corrected chi connectivity index (χ4v) is 2.20. The number of hydrogen-bond donors (Lipinski definition) is 0. The highest BCUT2D eigenvalue weighted by atomic mass is 14.2. The van der Waals surface area contributed by atoms with Gasteiger partial charge in [-0.1, -0.05) is 51.1 Å². The molecule has 0 aliphatic heterocycles. The van der Waals surface area contributed by atoms with Crippen LogP contribution in [0, 0.1) is 13.8 Å². The molecule has 0 atom stereocenters. The van der Waals surface area contributed by atoms with E-state index in [0.29, 0.717) is 0 Å². The molecule has 0 heterocycles. The highest BCUT2D eigenvalue weighted by molar-refractivity contribution is 5.73. The van der Waals surface area contributed by atoms with Crippen LogP contribution in [0.1, 0.15) is 37.5 Å². The van der Waals surface area contributed by atoms with Crippen molar-refractivity contribution in [2.24, 2.45) is 0 Å². The van der Waals surface area contributed by atoms with Gasteiger partial charge in [0.1, 0.15) is 0 Å². The Bertz CT molecular complexity index is 450. The number of fused-ring (bicyclic) bond motifs is 1. The third-order valence-corrected chi connectivity index (χ3v) is 3.28. The molecule has 0 nitrogen and oxygen atoms in total. The maximum Gasteiger partial charge on any atom is -0.0132 e. The van der Waals surface area contributed by atoms with Gasteiger partial charge >= 0.3 is 0 Å². The van der Waals surface area contributed by atoms with Crippen molar-refractivity contribution in [1.29, 1.82) is 0 Å². The molecule has 84 valence electrons. The summed E-state index contributed by atoms with van der Waals surface area (Å²) >= 11 is 0. The Morgan fingerprint density at radius 3 is 1.62 bits per heavy atom. The number of rotatable bonds is 0. The predicted octanol–water partition coefficient (Wildman–Crippen LogP) is 4.71. The van der Waals surface area contributed by atoms with Gasteiger partial charge in [-0.3, -0.25) is 0 Å². The van der Waals surface area contributed by atoms with Crippen LogP contribution in [-0.4, -0.2) is 0 Å². The molecule has 0 heteroatoms. The first kappa shape index (κ1) is 11.2.